The van der Waals surface area contributed by atoms with Crippen molar-refractivity contribution in [2.45, 2.75) is 6.18 Å². The van der Waals surface area contributed by atoms with Crippen LogP contribution in [-0.4, -0.2) is 15.8 Å². The minimum Gasteiger partial charge on any atom is -0.398 e. The van der Waals surface area contributed by atoms with Gasteiger partial charge < -0.3 is 11.5 Å². The van der Waals surface area contributed by atoms with E-state index < -0.39 is 11.7 Å². The summed E-state index contributed by atoms with van der Waals surface area (Å²) in [5.41, 5.74) is 12.6. The van der Waals surface area contributed by atoms with Gasteiger partial charge in [-0.2, -0.15) is 13.2 Å². The van der Waals surface area contributed by atoms with Crippen LogP contribution < -0.4 is 11.5 Å². The van der Waals surface area contributed by atoms with E-state index in [1.807, 2.05) is 0 Å². The molecule has 0 fully saturated rings. The zero-order valence-electron chi connectivity index (χ0n) is 15.9. The van der Waals surface area contributed by atoms with Gasteiger partial charge in [0, 0.05) is 26.7 Å². The number of aromatic nitrogens is 2. The van der Waals surface area contributed by atoms with Crippen LogP contribution in [0.1, 0.15) is 11.1 Å². The number of halogens is 4. The third-order valence-corrected chi connectivity index (χ3v) is 5.07. The van der Waals surface area contributed by atoms with Crippen LogP contribution in [0.15, 0.2) is 76.2 Å². The summed E-state index contributed by atoms with van der Waals surface area (Å²) in [4.78, 5) is 13.1. The molecule has 0 aliphatic heterocycles. The van der Waals surface area contributed by atoms with Crippen molar-refractivity contribution in [3.63, 3.8) is 0 Å². The van der Waals surface area contributed by atoms with Gasteiger partial charge in [-0.3, -0.25) is 0 Å². The van der Waals surface area contributed by atoms with Crippen LogP contribution in [0.2, 0.25) is 0 Å². The first-order valence-electron chi connectivity index (χ1n) is 9.07. The zero-order chi connectivity index (χ0) is 22.2. The Kier molecular flexibility index (Phi) is 5.36. The normalized spacial score (nSPS) is 12.3. The summed E-state index contributed by atoms with van der Waals surface area (Å²) in [5, 5.41) is 0.548. The number of aliphatic imine (C=N–C) groups is 1. The van der Waals surface area contributed by atoms with Crippen molar-refractivity contribution in [1.82, 2.24) is 9.97 Å². The Labute approximate surface area is 183 Å². The maximum absolute atomic E-state index is 13.5. The van der Waals surface area contributed by atoms with Crippen LogP contribution in [-0.2, 0) is 6.18 Å². The molecule has 4 rings (SSSR count). The topological polar surface area (TPSA) is 90.2 Å². The van der Waals surface area contributed by atoms with E-state index in [0.717, 1.165) is 10.5 Å². The number of hydrogen-bond acceptors (Lipinski definition) is 4. The first-order chi connectivity index (χ1) is 14.7. The van der Waals surface area contributed by atoms with Gasteiger partial charge in [0.1, 0.15) is 5.84 Å². The van der Waals surface area contributed by atoms with E-state index in [2.05, 4.69) is 30.9 Å². The van der Waals surface area contributed by atoms with Crippen LogP contribution in [0, 0.1) is 0 Å². The van der Waals surface area contributed by atoms with Gasteiger partial charge in [0.25, 0.3) is 0 Å². The first-order valence-corrected chi connectivity index (χ1v) is 9.86. The van der Waals surface area contributed by atoms with Crippen molar-refractivity contribution in [1.29, 1.82) is 0 Å². The molecule has 4 N–H and O–H groups in total. The van der Waals surface area contributed by atoms with Crippen LogP contribution in [0.4, 0.5) is 24.7 Å². The third-order valence-electron chi connectivity index (χ3n) is 4.57. The number of amidine groups is 1. The minimum atomic E-state index is -4.56. The number of nitrogens with two attached hydrogens (primary N) is 2. The summed E-state index contributed by atoms with van der Waals surface area (Å²) in [6.45, 7) is 0. The second-order valence-corrected chi connectivity index (χ2v) is 7.58. The predicted octanol–water partition coefficient (Wildman–Crippen LogP) is 5.70. The van der Waals surface area contributed by atoms with Gasteiger partial charge in [0.2, 0.25) is 0 Å². The van der Waals surface area contributed by atoms with E-state index in [-0.39, 0.29) is 23.0 Å². The molecule has 1 aromatic heterocycles. The number of fused-ring (bicyclic) bond motifs is 1. The van der Waals surface area contributed by atoms with Gasteiger partial charge in [0.15, 0.2) is 11.6 Å². The Morgan fingerprint density at radius 1 is 0.935 bits per heavy atom. The third kappa shape index (κ3) is 4.22. The molecule has 1 heterocycles. The standard InChI is InChI=1S/C22H15BrF3N5/c23-12-9-10-17(27)15(11-12)19(28)30-21-14-6-2-4-8-18(14)29-20(31-21)13-5-1-3-7-16(13)22(24,25)26/h1-11H,27H2,(H2,28,29,30,31). The van der Waals surface area contributed by atoms with E-state index in [4.69, 9.17) is 11.5 Å². The smallest absolute Gasteiger partial charge is 0.398 e. The van der Waals surface area contributed by atoms with Gasteiger partial charge in [0.05, 0.1) is 11.1 Å². The van der Waals surface area contributed by atoms with Crippen molar-refractivity contribution < 1.29 is 13.2 Å². The molecule has 156 valence electrons. The minimum absolute atomic E-state index is 0.0812. The molecular weight excluding hydrogens is 471 g/mol. The summed E-state index contributed by atoms with van der Waals surface area (Å²) in [6, 6.07) is 17.2. The quantitative estimate of drug-likeness (QED) is 0.221. The molecule has 0 aliphatic carbocycles. The molecule has 0 saturated carbocycles. The van der Waals surface area contributed by atoms with E-state index >= 15 is 0 Å². The van der Waals surface area contributed by atoms with Crippen molar-refractivity contribution in [3.05, 3.63) is 82.3 Å². The lowest BCUT2D eigenvalue weighted by Gasteiger charge is -2.13. The van der Waals surface area contributed by atoms with Gasteiger partial charge in [-0.05, 0) is 36.4 Å². The molecular formula is C22H15BrF3N5. The molecule has 5 nitrogen and oxygen atoms in total. The molecule has 0 amide bonds. The highest BCUT2D eigenvalue weighted by Gasteiger charge is 2.34. The maximum atomic E-state index is 13.5. The first kappa shape index (κ1) is 20.8. The Morgan fingerprint density at radius 3 is 2.42 bits per heavy atom. The fourth-order valence-corrected chi connectivity index (χ4v) is 3.48. The molecule has 0 bridgehead atoms. The lowest BCUT2D eigenvalue weighted by Crippen LogP contribution is -2.15. The molecule has 0 spiro atoms. The van der Waals surface area contributed by atoms with Crippen LogP contribution in [0.5, 0.6) is 0 Å². The summed E-state index contributed by atoms with van der Waals surface area (Å²) in [5.74, 6) is 0.132. The second kappa shape index (κ2) is 7.99. The molecule has 4 aromatic rings. The van der Waals surface area contributed by atoms with Crippen molar-refractivity contribution in [2.24, 2.45) is 10.7 Å². The predicted molar refractivity (Wildman–Crippen MR) is 119 cm³/mol. The number of benzene rings is 3. The number of nitrogen functional groups attached to an aromatic ring is 1. The monoisotopic (exact) mass is 485 g/mol. The molecule has 0 aliphatic rings. The molecule has 0 saturated heterocycles. The summed E-state index contributed by atoms with van der Waals surface area (Å²) < 4.78 is 41.4. The molecule has 3 aromatic carbocycles. The molecule has 9 heteroatoms. The van der Waals surface area contributed by atoms with Crippen LogP contribution in [0.3, 0.4) is 0 Å². The number of para-hydroxylation sites is 1. The van der Waals surface area contributed by atoms with Crippen LogP contribution >= 0.6 is 15.9 Å². The molecule has 0 atom stereocenters. The Morgan fingerprint density at radius 2 is 1.65 bits per heavy atom. The Bertz CT molecular complexity index is 1320. The largest absolute Gasteiger partial charge is 0.417 e. The summed E-state index contributed by atoms with van der Waals surface area (Å²) in [6.07, 6.45) is -4.56. The number of alkyl halides is 3. The lowest BCUT2D eigenvalue weighted by molar-refractivity contribution is -0.137. The van der Waals surface area contributed by atoms with Gasteiger partial charge in [-0.1, -0.05) is 46.3 Å². The van der Waals surface area contributed by atoms with E-state index in [0.29, 0.717) is 22.2 Å². The zero-order valence-corrected chi connectivity index (χ0v) is 17.4. The summed E-state index contributed by atoms with van der Waals surface area (Å²) in [7, 11) is 0. The SMILES string of the molecule is NC(=Nc1nc(-c2ccccc2C(F)(F)F)nc2ccccc12)c1cc(Br)ccc1N. The van der Waals surface area contributed by atoms with Gasteiger partial charge >= 0.3 is 6.18 Å². The fourth-order valence-electron chi connectivity index (χ4n) is 3.12. The van der Waals surface area contributed by atoms with Crippen molar-refractivity contribution in [3.8, 4) is 11.4 Å². The number of hydrogen-bond donors (Lipinski definition) is 2. The molecule has 31 heavy (non-hydrogen) atoms. The fraction of sp³-hybridized carbons (Fsp3) is 0.0455. The highest BCUT2D eigenvalue weighted by molar-refractivity contribution is 9.10. The average molecular weight is 486 g/mol. The number of rotatable bonds is 3. The summed E-state index contributed by atoms with van der Waals surface area (Å²) >= 11 is 3.36. The number of nitrogens with zero attached hydrogens (tertiary/aromatic N) is 3. The van der Waals surface area contributed by atoms with Gasteiger partial charge in [-0.25, -0.2) is 15.0 Å². The van der Waals surface area contributed by atoms with Crippen LogP contribution in [0.25, 0.3) is 22.3 Å². The molecule has 0 radical (unpaired) electrons. The second-order valence-electron chi connectivity index (χ2n) is 6.66. The lowest BCUT2D eigenvalue weighted by atomic mass is 10.1. The average Bonchev–Trinajstić information content (AvgIpc) is 2.74. The van der Waals surface area contributed by atoms with Crippen molar-refractivity contribution in [2.75, 3.05) is 5.73 Å². The highest BCUT2D eigenvalue weighted by Crippen LogP contribution is 2.37. The Hall–Kier alpha value is -3.46. The van der Waals surface area contributed by atoms with Gasteiger partial charge in [-0.15, -0.1) is 0 Å². The Balaban J connectivity index is 1.95. The maximum Gasteiger partial charge on any atom is 0.417 e. The van der Waals surface area contributed by atoms with E-state index in [1.54, 1.807) is 42.5 Å². The highest BCUT2D eigenvalue weighted by atomic mass is 79.9. The van der Waals surface area contributed by atoms with Crippen molar-refractivity contribution >= 4 is 44.2 Å². The number of anilines is 1. The van der Waals surface area contributed by atoms with E-state index in [9.17, 15) is 13.2 Å². The molecule has 0 unspecified atom stereocenters. The van der Waals surface area contributed by atoms with E-state index in [1.165, 1.54) is 18.2 Å².